The molecule has 322 valence electrons. The van der Waals surface area contributed by atoms with Gasteiger partial charge in [-0.25, -0.2) is 0 Å². The molecular formula is C57H56N3O4+. The maximum atomic E-state index is 5.76. The second kappa shape index (κ2) is 17.1. The number of methoxy groups -OCH3 is 4. The fourth-order valence-corrected chi connectivity index (χ4v) is 9.60. The lowest BCUT2D eigenvalue weighted by atomic mass is 9.81. The van der Waals surface area contributed by atoms with Gasteiger partial charge < -0.3 is 28.7 Å². The molecule has 2 heterocycles. The van der Waals surface area contributed by atoms with E-state index in [0.29, 0.717) is 0 Å². The minimum absolute atomic E-state index is 0.335. The van der Waals surface area contributed by atoms with Crippen molar-refractivity contribution in [2.24, 2.45) is 0 Å². The summed E-state index contributed by atoms with van der Waals surface area (Å²) in [6.45, 7) is 9.23. The minimum Gasteiger partial charge on any atom is -0.497 e. The van der Waals surface area contributed by atoms with Crippen LogP contribution in [0.25, 0.3) is 0 Å². The third-order valence-electron chi connectivity index (χ3n) is 13.1. The van der Waals surface area contributed by atoms with Gasteiger partial charge in [0, 0.05) is 58.0 Å². The molecule has 6 aromatic rings. The molecule has 0 aromatic heterocycles. The molecule has 1 aliphatic carbocycles. The Labute approximate surface area is 378 Å². The normalized spacial score (nSPS) is 17.3. The number of hydrogen-bond donors (Lipinski definition) is 0. The summed E-state index contributed by atoms with van der Waals surface area (Å²) in [4.78, 5) is 4.82. The first-order chi connectivity index (χ1) is 31.1. The van der Waals surface area contributed by atoms with E-state index in [4.69, 9.17) is 18.9 Å². The molecule has 3 aliphatic rings. The number of allylic oxidation sites excluding steroid dienone is 7. The van der Waals surface area contributed by atoms with Crippen LogP contribution in [0.1, 0.15) is 51.7 Å². The van der Waals surface area contributed by atoms with Crippen molar-refractivity contribution in [2.75, 3.05) is 38.2 Å². The Bertz CT molecular complexity index is 2810. The monoisotopic (exact) mass is 846 g/mol. The van der Waals surface area contributed by atoms with E-state index in [1.165, 1.54) is 39.4 Å². The Morgan fingerprint density at radius 1 is 0.547 bits per heavy atom. The van der Waals surface area contributed by atoms with E-state index in [-0.39, 0.29) is 10.8 Å². The summed E-state index contributed by atoms with van der Waals surface area (Å²) in [6, 6.07) is 51.0. The van der Waals surface area contributed by atoms with Gasteiger partial charge in [0.15, 0.2) is 5.71 Å². The molecule has 0 unspecified atom stereocenters. The zero-order chi connectivity index (χ0) is 44.6. The van der Waals surface area contributed by atoms with Crippen LogP contribution in [0.5, 0.6) is 23.0 Å². The maximum absolute atomic E-state index is 5.76. The summed E-state index contributed by atoms with van der Waals surface area (Å²) in [5.41, 5.74) is 14.4. The number of fused-ring (bicyclic) bond motifs is 2. The third-order valence-corrected chi connectivity index (χ3v) is 13.1. The van der Waals surface area contributed by atoms with Crippen LogP contribution in [0.3, 0.4) is 0 Å². The van der Waals surface area contributed by atoms with Crippen LogP contribution in [0, 0.1) is 0 Å². The highest BCUT2D eigenvalue weighted by atomic mass is 16.5. The molecule has 9 rings (SSSR count). The molecule has 2 aliphatic heterocycles. The summed E-state index contributed by atoms with van der Waals surface area (Å²) >= 11 is 0. The Morgan fingerprint density at radius 2 is 1.09 bits per heavy atom. The Hall–Kier alpha value is -7.25. The molecular weight excluding hydrogens is 791 g/mol. The minimum atomic E-state index is -0.335. The smallest absolute Gasteiger partial charge is 0.216 e. The Morgan fingerprint density at radius 3 is 1.69 bits per heavy atom. The highest BCUT2D eigenvalue weighted by Crippen LogP contribution is 2.53. The third kappa shape index (κ3) is 7.45. The van der Waals surface area contributed by atoms with Crippen molar-refractivity contribution in [3.05, 3.63) is 204 Å². The first kappa shape index (κ1) is 42.1. The quantitative estimate of drug-likeness (QED) is 0.114. The Balaban J connectivity index is 1.24. The van der Waals surface area contributed by atoms with Gasteiger partial charge in [-0.3, -0.25) is 0 Å². The molecule has 0 amide bonds. The number of hydrogen-bond acceptors (Lipinski definition) is 6. The fraction of sp³-hybridized carbons (Fsp3) is 0.211. The summed E-state index contributed by atoms with van der Waals surface area (Å²) < 4.78 is 25.0. The molecule has 6 aromatic carbocycles. The summed E-state index contributed by atoms with van der Waals surface area (Å²) in [5, 5.41) is 0. The molecule has 0 fully saturated rings. The number of benzene rings is 6. The number of rotatable bonds is 12. The molecule has 0 N–H and O–H groups in total. The molecule has 0 bridgehead atoms. The van der Waals surface area contributed by atoms with E-state index in [1.807, 2.05) is 24.3 Å². The van der Waals surface area contributed by atoms with Gasteiger partial charge in [-0.15, -0.1) is 0 Å². The topological polar surface area (TPSA) is 46.4 Å². The van der Waals surface area contributed by atoms with Gasteiger partial charge in [0.1, 0.15) is 23.0 Å². The van der Waals surface area contributed by atoms with Crippen LogP contribution >= 0.6 is 0 Å². The second-order valence-corrected chi connectivity index (χ2v) is 17.4. The van der Waals surface area contributed by atoms with Gasteiger partial charge in [-0.1, -0.05) is 62.4 Å². The predicted molar refractivity (Wildman–Crippen MR) is 263 cm³/mol. The number of para-hydroxylation sites is 2. The SMILES string of the molecule is COc1ccc(N2C(=C/C=C3\CCC(/C=C/C4=[N+](c5ccc(OC)cc5)c5ccc(OC)cc5C4(C)C)=C3N(c3ccccc3)c3ccccc3)C(C)(C)c3cc(OC)ccc32)cc1. The fourth-order valence-electron chi connectivity index (χ4n) is 9.60. The Kier molecular flexibility index (Phi) is 11.3. The molecule has 64 heavy (non-hydrogen) atoms. The van der Waals surface area contributed by atoms with E-state index < -0.39 is 0 Å². The van der Waals surface area contributed by atoms with Crippen LogP contribution in [0.15, 0.2) is 192 Å². The van der Waals surface area contributed by atoms with Crippen LogP contribution in [-0.2, 0) is 10.8 Å². The molecule has 0 saturated heterocycles. The van der Waals surface area contributed by atoms with Gasteiger partial charge in [0.2, 0.25) is 11.4 Å². The van der Waals surface area contributed by atoms with Crippen molar-refractivity contribution in [1.29, 1.82) is 0 Å². The van der Waals surface area contributed by atoms with Crippen LogP contribution < -0.4 is 33.3 Å². The zero-order valence-corrected chi connectivity index (χ0v) is 38.1. The lowest BCUT2D eigenvalue weighted by Crippen LogP contribution is -2.27. The van der Waals surface area contributed by atoms with Crippen molar-refractivity contribution < 1.29 is 18.9 Å². The standard InChI is InChI=1S/C57H56N3O4/c1-56(2)49-37-47(63-7)31-33-51(49)59(43-23-27-45(61-5)28-24-43)53(56)35-21-39-19-20-40(55(39)58(41-15-11-9-12-16-41)42-17-13-10-14-18-42)22-36-54-57(3,4)50-38-48(64-8)32-34-52(50)60(54)44-25-29-46(62-6)30-26-44/h9-18,21-38H,19-20H2,1-8H3/q+1. The summed E-state index contributed by atoms with van der Waals surface area (Å²) in [6.07, 6.45) is 11.2. The molecule has 7 heteroatoms. The molecule has 7 nitrogen and oxygen atoms in total. The van der Waals surface area contributed by atoms with Crippen LogP contribution in [-0.4, -0.2) is 34.2 Å². The van der Waals surface area contributed by atoms with E-state index in [1.54, 1.807) is 28.4 Å². The van der Waals surface area contributed by atoms with Gasteiger partial charge in [0.05, 0.1) is 45.2 Å². The average Bonchev–Trinajstić information content (AvgIpc) is 3.91. The summed E-state index contributed by atoms with van der Waals surface area (Å²) in [7, 11) is 6.88. The molecule has 0 saturated carbocycles. The van der Waals surface area contributed by atoms with E-state index in [2.05, 4.69) is 188 Å². The van der Waals surface area contributed by atoms with Crippen molar-refractivity contribution >= 4 is 39.8 Å². The first-order valence-electron chi connectivity index (χ1n) is 21.9. The second-order valence-electron chi connectivity index (χ2n) is 17.4. The lowest BCUT2D eigenvalue weighted by Gasteiger charge is -2.29. The van der Waals surface area contributed by atoms with Gasteiger partial charge in [-0.05, 0) is 140 Å². The highest BCUT2D eigenvalue weighted by Gasteiger charge is 2.46. The van der Waals surface area contributed by atoms with Gasteiger partial charge in [-0.2, -0.15) is 4.58 Å². The van der Waals surface area contributed by atoms with Crippen molar-refractivity contribution in [3.63, 3.8) is 0 Å². The van der Waals surface area contributed by atoms with E-state index in [0.717, 1.165) is 70.0 Å². The van der Waals surface area contributed by atoms with Crippen molar-refractivity contribution in [1.82, 2.24) is 4.58 Å². The van der Waals surface area contributed by atoms with Gasteiger partial charge in [0.25, 0.3) is 0 Å². The van der Waals surface area contributed by atoms with E-state index in [9.17, 15) is 0 Å². The van der Waals surface area contributed by atoms with Crippen LogP contribution in [0.2, 0.25) is 0 Å². The summed E-state index contributed by atoms with van der Waals surface area (Å²) in [5.74, 6) is 3.33. The predicted octanol–water partition coefficient (Wildman–Crippen LogP) is 13.7. The van der Waals surface area contributed by atoms with Crippen LogP contribution in [0.4, 0.5) is 34.1 Å². The lowest BCUT2D eigenvalue weighted by molar-refractivity contribution is 0.413. The number of ether oxygens (including phenoxy) is 4. The first-order valence-corrected chi connectivity index (χ1v) is 21.9. The zero-order valence-electron chi connectivity index (χ0n) is 38.1. The molecule has 0 spiro atoms. The maximum Gasteiger partial charge on any atom is 0.216 e. The molecule has 0 radical (unpaired) electrons. The van der Waals surface area contributed by atoms with E-state index >= 15 is 0 Å². The molecule has 0 atom stereocenters. The van der Waals surface area contributed by atoms with Crippen molar-refractivity contribution in [3.8, 4) is 23.0 Å². The highest BCUT2D eigenvalue weighted by molar-refractivity contribution is 6.10. The largest absolute Gasteiger partial charge is 0.497 e. The van der Waals surface area contributed by atoms with Crippen molar-refractivity contribution in [2.45, 2.75) is 51.4 Å². The average molecular weight is 847 g/mol. The number of nitrogens with zero attached hydrogens (tertiary/aromatic N) is 3. The number of anilines is 4. The van der Waals surface area contributed by atoms with Gasteiger partial charge >= 0.3 is 0 Å².